The first-order chi connectivity index (χ1) is 15.2. The predicted octanol–water partition coefficient (Wildman–Crippen LogP) is 3.02. The van der Waals surface area contributed by atoms with Crippen LogP contribution in [0.3, 0.4) is 0 Å². The van der Waals surface area contributed by atoms with E-state index in [9.17, 15) is 13.2 Å². The van der Waals surface area contributed by atoms with E-state index in [0.717, 1.165) is 33.2 Å². The Morgan fingerprint density at radius 3 is 2.50 bits per heavy atom. The van der Waals surface area contributed by atoms with E-state index in [1.54, 1.807) is 30.5 Å². The number of carbonyl (C=O) groups is 1. The Morgan fingerprint density at radius 1 is 1.12 bits per heavy atom. The Balaban J connectivity index is 1.73. The van der Waals surface area contributed by atoms with Crippen LogP contribution in [0.15, 0.2) is 65.8 Å². The van der Waals surface area contributed by atoms with E-state index in [0.29, 0.717) is 11.4 Å². The number of benzene rings is 2. The molecule has 1 N–H and O–H groups in total. The summed E-state index contributed by atoms with van der Waals surface area (Å²) in [5, 5.41) is 4.03. The number of methoxy groups -OCH3 is 1. The summed E-state index contributed by atoms with van der Waals surface area (Å²) in [7, 11) is -2.21. The standard InChI is InChI=1S/C23H26N4O4S/c1-17-13-19(18(2)27(17)20-9-6-5-7-10-20)15-24-25-23(28)16-26(32(4,29)30)21-11-8-12-22(14-21)31-3/h5-15H,16H2,1-4H3,(H,25,28)/b24-15-. The van der Waals surface area contributed by atoms with Gasteiger partial charge in [0.2, 0.25) is 10.0 Å². The summed E-state index contributed by atoms with van der Waals surface area (Å²) in [5.41, 5.74) is 6.63. The third-order valence-electron chi connectivity index (χ3n) is 4.91. The molecule has 1 aromatic heterocycles. The first-order valence-corrected chi connectivity index (χ1v) is 11.7. The molecule has 0 fully saturated rings. The van der Waals surface area contributed by atoms with Crippen molar-refractivity contribution < 1.29 is 17.9 Å². The molecule has 32 heavy (non-hydrogen) atoms. The molecule has 0 atom stereocenters. The van der Waals surface area contributed by atoms with Crippen LogP contribution in [-0.4, -0.2) is 45.0 Å². The van der Waals surface area contributed by atoms with E-state index in [2.05, 4.69) is 15.1 Å². The van der Waals surface area contributed by atoms with Crippen molar-refractivity contribution in [3.63, 3.8) is 0 Å². The number of carbonyl (C=O) groups excluding carboxylic acids is 1. The number of nitrogens with one attached hydrogen (secondary N) is 1. The van der Waals surface area contributed by atoms with Gasteiger partial charge in [-0.2, -0.15) is 5.10 Å². The number of sulfonamides is 1. The highest BCUT2D eigenvalue weighted by Crippen LogP contribution is 2.23. The number of para-hydroxylation sites is 1. The average Bonchev–Trinajstić information content (AvgIpc) is 3.05. The quantitative estimate of drug-likeness (QED) is 0.418. The molecule has 0 radical (unpaired) electrons. The molecule has 2 aromatic carbocycles. The Bertz CT molecular complexity index is 1230. The lowest BCUT2D eigenvalue weighted by molar-refractivity contribution is -0.119. The highest BCUT2D eigenvalue weighted by molar-refractivity contribution is 7.92. The zero-order chi connectivity index (χ0) is 23.3. The summed E-state index contributed by atoms with van der Waals surface area (Å²) in [6, 6.07) is 18.4. The summed E-state index contributed by atoms with van der Waals surface area (Å²) in [4.78, 5) is 12.4. The third-order valence-corrected chi connectivity index (χ3v) is 6.05. The van der Waals surface area contributed by atoms with Crippen molar-refractivity contribution in [2.24, 2.45) is 5.10 Å². The fourth-order valence-corrected chi connectivity index (χ4v) is 4.25. The predicted molar refractivity (Wildman–Crippen MR) is 126 cm³/mol. The number of aryl methyl sites for hydroxylation is 1. The molecule has 0 unspecified atom stereocenters. The van der Waals surface area contributed by atoms with Crippen LogP contribution in [0.2, 0.25) is 0 Å². The number of aromatic nitrogens is 1. The zero-order valence-corrected chi connectivity index (χ0v) is 19.3. The molecule has 1 heterocycles. The van der Waals surface area contributed by atoms with Gasteiger partial charge in [-0.1, -0.05) is 24.3 Å². The maximum Gasteiger partial charge on any atom is 0.260 e. The van der Waals surface area contributed by atoms with Crippen LogP contribution in [0.4, 0.5) is 5.69 Å². The highest BCUT2D eigenvalue weighted by atomic mass is 32.2. The second kappa shape index (κ2) is 9.69. The number of anilines is 1. The molecular formula is C23H26N4O4S. The molecule has 0 saturated carbocycles. The minimum Gasteiger partial charge on any atom is -0.497 e. The molecule has 0 aliphatic carbocycles. The lowest BCUT2D eigenvalue weighted by Gasteiger charge is -2.21. The minimum atomic E-state index is -3.69. The topological polar surface area (TPSA) is 93.0 Å². The largest absolute Gasteiger partial charge is 0.497 e. The van der Waals surface area contributed by atoms with Crippen molar-refractivity contribution in [3.05, 3.63) is 77.6 Å². The molecule has 3 rings (SSSR count). The van der Waals surface area contributed by atoms with Gasteiger partial charge in [0.05, 0.1) is 25.3 Å². The van der Waals surface area contributed by atoms with Crippen LogP contribution < -0.4 is 14.5 Å². The maximum absolute atomic E-state index is 12.4. The Hall–Kier alpha value is -3.59. The number of hydrogen-bond donors (Lipinski definition) is 1. The molecule has 1 amide bonds. The number of amides is 1. The second-order valence-electron chi connectivity index (χ2n) is 7.26. The molecular weight excluding hydrogens is 428 g/mol. The van der Waals surface area contributed by atoms with E-state index in [4.69, 9.17) is 4.74 Å². The van der Waals surface area contributed by atoms with Crippen molar-refractivity contribution in [3.8, 4) is 11.4 Å². The normalized spacial score (nSPS) is 11.5. The summed E-state index contributed by atoms with van der Waals surface area (Å²) >= 11 is 0. The van der Waals surface area contributed by atoms with Crippen molar-refractivity contribution in [2.45, 2.75) is 13.8 Å². The van der Waals surface area contributed by atoms with E-state index in [1.165, 1.54) is 7.11 Å². The second-order valence-corrected chi connectivity index (χ2v) is 9.17. The van der Waals surface area contributed by atoms with Gasteiger partial charge in [0.25, 0.3) is 5.91 Å². The lowest BCUT2D eigenvalue weighted by atomic mass is 10.2. The minimum absolute atomic E-state index is 0.331. The van der Waals surface area contributed by atoms with Gasteiger partial charge in [0.1, 0.15) is 12.3 Å². The van der Waals surface area contributed by atoms with Gasteiger partial charge in [0, 0.05) is 28.7 Å². The number of ether oxygens (including phenoxy) is 1. The molecule has 0 saturated heterocycles. The van der Waals surface area contributed by atoms with E-state index < -0.39 is 22.5 Å². The SMILES string of the molecule is COc1cccc(N(CC(=O)N/N=C\c2cc(C)n(-c3ccccc3)c2C)S(C)(=O)=O)c1. The van der Waals surface area contributed by atoms with Crippen LogP contribution in [0.5, 0.6) is 5.75 Å². The Morgan fingerprint density at radius 2 is 1.84 bits per heavy atom. The van der Waals surface area contributed by atoms with E-state index in [-0.39, 0.29) is 0 Å². The van der Waals surface area contributed by atoms with Crippen molar-refractivity contribution in [1.82, 2.24) is 9.99 Å². The van der Waals surface area contributed by atoms with Gasteiger partial charge in [-0.25, -0.2) is 13.8 Å². The first-order valence-electron chi connectivity index (χ1n) is 9.88. The molecule has 168 valence electrons. The van der Waals surface area contributed by atoms with E-state index >= 15 is 0 Å². The van der Waals surface area contributed by atoms with Crippen LogP contribution in [0.25, 0.3) is 5.69 Å². The fourth-order valence-electron chi connectivity index (χ4n) is 3.40. The number of hydrogen-bond acceptors (Lipinski definition) is 5. The smallest absolute Gasteiger partial charge is 0.260 e. The van der Waals surface area contributed by atoms with Crippen LogP contribution in [0.1, 0.15) is 17.0 Å². The van der Waals surface area contributed by atoms with Crippen LogP contribution >= 0.6 is 0 Å². The van der Waals surface area contributed by atoms with Gasteiger partial charge < -0.3 is 9.30 Å². The van der Waals surface area contributed by atoms with Crippen molar-refractivity contribution in [2.75, 3.05) is 24.2 Å². The third kappa shape index (κ3) is 5.36. The monoisotopic (exact) mass is 454 g/mol. The molecule has 8 nitrogen and oxygen atoms in total. The van der Waals surface area contributed by atoms with E-state index in [1.807, 2.05) is 50.2 Å². The molecule has 3 aromatic rings. The van der Waals surface area contributed by atoms with Gasteiger partial charge >= 0.3 is 0 Å². The highest BCUT2D eigenvalue weighted by Gasteiger charge is 2.21. The molecule has 0 spiro atoms. The van der Waals surface area contributed by atoms with Crippen LogP contribution in [-0.2, 0) is 14.8 Å². The molecule has 0 bridgehead atoms. The molecule has 0 aliphatic heterocycles. The van der Waals surface area contributed by atoms with Gasteiger partial charge in [-0.15, -0.1) is 0 Å². The fraction of sp³-hybridized carbons (Fsp3) is 0.217. The summed E-state index contributed by atoms with van der Waals surface area (Å²) in [6.07, 6.45) is 2.59. The van der Waals surface area contributed by atoms with Crippen molar-refractivity contribution in [1.29, 1.82) is 0 Å². The number of hydrazone groups is 1. The first kappa shape index (κ1) is 23.1. The summed E-state index contributed by atoms with van der Waals surface area (Å²) < 4.78 is 32.7. The maximum atomic E-state index is 12.4. The molecule has 0 aliphatic rings. The zero-order valence-electron chi connectivity index (χ0n) is 18.4. The van der Waals surface area contributed by atoms with Gasteiger partial charge in [-0.05, 0) is 44.2 Å². The Labute approximate surface area is 188 Å². The molecule has 9 heteroatoms. The number of rotatable bonds is 8. The number of nitrogens with zero attached hydrogens (tertiary/aromatic N) is 3. The average molecular weight is 455 g/mol. The van der Waals surface area contributed by atoms with Crippen LogP contribution in [0, 0.1) is 13.8 Å². The summed E-state index contributed by atoms with van der Waals surface area (Å²) in [5.74, 6) is -0.0743. The lowest BCUT2D eigenvalue weighted by Crippen LogP contribution is -2.39. The van der Waals surface area contributed by atoms with Gasteiger partial charge in [0.15, 0.2) is 0 Å². The Kier molecular flexibility index (Phi) is 6.99. The van der Waals surface area contributed by atoms with Gasteiger partial charge in [-0.3, -0.25) is 9.10 Å². The summed E-state index contributed by atoms with van der Waals surface area (Å²) in [6.45, 7) is 3.55. The van der Waals surface area contributed by atoms with Crippen molar-refractivity contribution >= 4 is 27.8 Å².